The fraction of sp³-hybridized carbons (Fsp3) is 0.409. The van der Waals surface area contributed by atoms with Crippen LogP contribution in [0.2, 0.25) is 0 Å². The Morgan fingerprint density at radius 2 is 2.00 bits per heavy atom. The highest BCUT2D eigenvalue weighted by Gasteiger charge is 2.24. The van der Waals surface area contributed by atoms with Gasteiger partial charge in [-0.05, 0) is 50.6 Å². The predicted molar refractivity (Wildman–Crippen MR) is 110 cm³/mol. The van der Waals surface area contributed by atoms with Crippen LogP contribution in [0.25, 0.3) is 11.5 Å². The van der Waals surface area contributed by atoms with Crippen LogP contribution in [-0.4, -0.2) is 53.3 Å². The molecule has 0 N–H and O–H groups in total. The fourth-order valence-corrected chi connectivity index (χ4v) is 3.70. The van der Waals surface area contributed by atoms with E-state index in [1.807, 2.05) is 24.4 Å². The number of likely N-dealkylation sites (tertiary alicyclic amines) is 1. The molecule has 3 heterocycles. The minimum atomic E-state index is 0.517. The van der Waals surface area contributed by atoms with Gasteiger partial charge in [0.2, 0.25) is 0 Å². The number of pyridine rings is 1. The maximum Gasteiger partial charge on any atom is 0.259 e. The van der Waals surface area contributed by atoms with E-state index in [0.29, 0.717) is 11.9 Å². The summed E-state index contributed by atoms with van der Waals surface area (Å²) < 4.78 is 5.45. The van der Waals surface area contributed by atoms with E-state index in [1.165, 1.54) is 12.0 Å². The second-order valence-corrected chi connectivity index (χ2v) is 7.58. The average Bonchev–Trinajstić information content (AvgIpc) is 3.38. The molecular formula is C22H27N5O. The third-order valence-electron chi connectivity index (χ3n) is 5.45. The summed E-state index contributed by atoms with van der Waals surface area (Å²) >= 11 is 0. The third-order valence-corrected chi connectivity index (χ3v) is 5.45. The van der Waals surface area contributed by atoms with E-state index in [2.05, 4.69) is 63.3 Å². The molecule has 1 fully saturated rings. The van der Waals surface area contributed by atoms with Gasteiger partial charge in [-0.2, -0.15) is 4.98 Å². The molecular weight excluding hydrogens is 350 g/mol. The number of likely N-dealkylation sites (N-methyl/N-ethyl adjacent to an activating group) is 2. The monoisotopic (exact) mass is 377 g/mol. The number of aryl methyl sites for hydroxylation is 2. The summed E-state index contributed by atoms with van der Waals surface area (Å²) in [4.78, 5) is 13.8. The van der Waals surface area contributed by atoms with Crippen molar-refractivity contribution in [3.63, 3.8) is 0 Å². The Hall–Kier alpha value is -2.73. The van der Waals surface area contributed by atoms with Gasteiger partial charge in [0.1, 0.15) is 5.82 Å². The molecule has 1 aromatic carbocycles. The van der Waals surface area contributed by atoms with Crippen LogP contribution < -0.4 is 4.90 Å². The molecule has 0 aliphatic carbocycles. The van der Waals surface area contributed by atoms with Gasteiger partial charge in [0.15, 0.2) is 5.82 Å². The highest BCUT2D eigenvalue weighted by molar-refractivity contribution is 5.54. The van der Waals surface area contributed by atoms with Crippen LogP contribution in [-0.2, 0) is 12.8 Å². The van der Waals surface area contributed by atoms with Gasteiger partial charge in [0.25, 0.3) is 5.89 Å². The van der Waals surface area contributed by atoms with Crippen molar-refractivity contribution < 1.29 is 4.52 Å². The van der Waals surface area contributed by atoms with E-state index in [-0.39, 0.29) is 0 Å². The number of benzene rings is 1. The van der Waals surface area contributed by atoms with Crippen molar-refractivity contribution in [2.75, 3.05) is 32.1 Å². The Labute approximate surface area is 166 Å². The van der Waals surface area contributed by atoms with Crippen molar-refractivity contribution in [1.29, 1.82) is 0 Å². The molecule has 6 heteroatoms. The lowest BCUT2D eigenvalue weighted by Gasteiger charge is -2.25. The molecule has 0 bridgehead atoms. The van der Waals surface area contributed by atoms with Crippen LogP contribution in [0.4, 0.5) is 5.82 Å². The highest BCUT2D eigenvalue weighted by atomic mass is 16.5. The van der Waals surface area contributed by atoms with E-state index in [0.717, 1.165) is 49.6 Å². The van der Waals surface area contributed by atoms with E-state index in [4.69, 9.17) is 4.52 Å². The smallest absolute Gasteiger partial charge is 0.259 e. The second-order valence-electron chi connectivity index (χ2n) is 7.58. The molecule has 0 saturated carbocycles. The van der Waals surface area contributed by atoms with E-state index < -0.39 is 0 Å². The Kier molecular flexibility index (Phi) is 5.67. The van der Waals surface area contributed by atoms with Crippen LogP contribution in [0, 0.1) is 0 Å². The topological polar surface area (TPSA) is 58.3 Å². The maximum atomic E-state index is 5.45. The lowest BCUT2D eigenvalue weighted by Crippen LogP contribution is -2.34. The summed E-state index contributed by atoms with van der Waals surface area (Å²) in [6.45, 7) is 2.22. The Morgan fingerprint density at radius 3 is 2.71 bits per heavy atom. The van der Waals surface area contributed by atoms with Gasteiger partial charge in [0.05, 0.1) is 5.56 Å². The van der Waals surface area contributed by atoms with Crippen LogP contribution in [0.5, 0.6) is 0 Å². The minimum absolute atomic E-state index is 0.517. The Morgan fingerprint density at radius 1 is 1.14 bits per heavy atom. The molecule has 0 amide bonds. The first-order chi connectivity index (χ1) is 13.7. The molecule has 6 nitrogen and oxygen atoms in total. The first-order valence-corrected chi connectivity index (χ1v) is 9.93. The lowest BCUT2D eigenvalue weighted by atomic mass is 10.1. The summed E-state index contributed by atoms with van der Waals surface area (Å²) in [6, 6.07) is 15.0. The zero-order valence-electron chi connectivity index (χ0n) is 16.6. The average molecular weight is 377 g/mol. The van der Waals surface area contributed by atoms with Crippen molar-refractivity contribution >= 4 is 5.82 Å². The Bertz CT molecular complexity index is 877. The maximum absolute atomic E-state index is 5.45. The van der Waals surface area contributed by atoms with Crippen LogP contribution in [0.15, 0.2) is 53.2 Å². The molecule has 1 aliphatic rings. The summed E-state index contributed by atoms with van der Waals surface area (Å²) in [5, 5.41) is 4.12. The molecule has 4 rings (SSSR count). The van der Waals surface area contributed by atoms with Crippen molar-refractivity contribution in [1.82, 2.24) is 20.0 Å². The summed E-state index contributed by atoms with van der Waals surface area (Å²) in [6.07, 6.45) is 5.82. The zero-order valence-corrected chi connectivity index (χ0v) is 16.6. The van der Waals surface area contributed by atoms with Crippen molar-refractivity contribution in [2.24, 2.45) is 0 Å². The largest absolute Gasteiger partial charge is 0.355 e. The van der Waals surface area contributed by atoms with Gasteiger partial charge in [-0.1, -0.05) is 35.5 Å². The van der Waals surface area contributed by atoms with Gasteiger partial charge >= 0.3 is 0 Å². The minimum Gasteiger partial charge on any atom is -0.355 e. The molecule has 0 spiro atoms. The zero-order chi connectivity index (χ0) is 19.3. The molecule has 146 valence electrons. The number of anilines is 1. The van der Waals surface area contributed by atoms with Crippen LogP contribution >= 0.6 is 0 Å². The van der Waals surface area contributed by atoms with Crippen molar-refractivity contribution in [3.8, 4) is 11.5 Å². The summed E-state index contributed by atoms with van der Waals surface area (Å²) in [5.41, 5.74) is 2.20. The fourth-order valence-electron chi connectivity index (χ4n) is 3.70. The van der Waals surface area contributed by atoms with E-state index >= 15 is 0 Å². The number of rotatable bonds is 7. The molecule has 28 heavy (non-hydrogen) atoms. The molecule has 1 atom stereocenters. The van der Waals surface area contributed by atoms with Gasteiger partial charge < -0.3 is 14.3 Å². The van der Waals surface area contributed by atoms with Gasteiger partial charge in [-0.3, -0.25) is 0 Å². The van der Waals surface area contributed by atoms with Crippen LogP contribution in [0.3, 0.4) is 0 Å². The van der Waals surface area contributed by atoms with Crippen LogP contribution in [0.1, 0.15) is 24.2 Å². The molecule has 0 unspecified atom stereocenters. The number of nitrogens with zero attached hydrogens (tertiary/aromatic N) is 5. The van der Waals surface area contributed by atoms with E-state index in [9.17, 15) is 0 Å². The standard InChI is InChI=1S/C22H27N5O/c1-26-14-13-19(16-26)27(2)21-12-11-18(15-23-21)22-24-20(25-28-22)10-6-9-17-7-4-3-5-8-17/h3-5,7-8,11-12,15,19H,6,9-10,13-14,16H2,1-2H3/t19-/m1/s1. The number of aromatic nitrogens is 3. The molecule has 2 aromatic heterocycles. The first kappa shape index (κ1) is 18.6. The highest BCUT2D eigenvalue weighted by Crippen LogP contribution is 2.22. The SMILES string of the molecule is CN1CC[C@@H](N(C)c2ccc(-c3nc(CCCc4ccccc4)no3)cn2)C1. The summed E-state index contributed by atoms with van der Waals surface area (Å²) in [7, 11) is 4.28. The van der Waals surface area contributed by atoms with Crippen molar-refractivity contribution in [3.05, 3.63) is 60.0 Å². The normalized spacial score (nSPS) is 17.1. The van der Waals surface area contributed by atoms with Gasteiger partial charge in [0, 0.05) is 32.3 Å². The third kappa shape index (κ3) is 4.39. The molecule has 1 saturated heterocycles. The molecule has 1 aliphatic heterocycles. The second kappa shape index (κ2) is 8.52. The number of hydrogen-bond acceptors (Lipinski definition) is 6. The number of hydrogen-bond donors (Lipinski definition) is 0. The van der Waals surface area contributed by atoms with E-state index in [1.54, 1.807) is 0 Å². The lowest BCUT2D eigenvalue weighted by molar-refractivity contribution is 0.409. The van der Waals surface area contributed by atoms with Crippen molar-refractivity contribution in [2.45, 2.75) is 31.7 Å². The Balaban J connectivity index is 1.34. The predicted octanol–water partition coefficient (Wildman–Crippen LogP) is 3.45. The molecule has 3 aromatic rings. The van der Waals surface area contributed by atoms with Gasteiger partial charge in [-0.15, -0.1) is 0 Å². The quantitative estimate of drug-likeness (QED) is 0.629. The first-order valence-electron chi connectivity index (χ1n) is 9.93. The van der Waals surface area contributed by atoms with Gasteiger partial charge in [-0.25, -0.2) is 4.98 Å². The summed E-state index contributed by atoms with van der Waals surface area (Å²) in [5.74, 6) is 2.27. The molecule has 0 radical (unpaired) electrons.